The van der Waals surface area contributed by atoms with Crippen LogP contribution in [0.15, 0.2) is 24.5 Å². The highest BCUT2D eigenvalue weighted by Gasteiger charge is 2.25. The third-order valence-electron chi connectivity index (χ3n) is 3.34. The van der Waals surface area contributed by atoms with Crippen LogP contribution in [0, 0.1) is 0 Å². The van der Waals surface area contributed by atoms with E-state index in [1.54, 1.807) is 6.07 Å². The molecule has 16 heavy (non-hydrogen) atoms. The first-order chi connectivity index (χ1) is 7.75. The minimum atomic E-state index is 0.245. The molecule has 0 aliphatic carbocycles. The molecule has 1 aliphatic rings. The average molecular weight is 217 g/mol. The lowest BCUT2D eigenvalue weighted by Crippen LogP contribution is -2.17. The van der Waals surface area contributed by atoms with Crippen LogP contribution in [0.1, 0.15) is 24.6 Å². The van der Waals surface area contributed by atoms with Gasteiger partial charge in [0.05, 0.1) is 11.7 Å². The van der Waals surface area contributed by atoms with Crippen molar-refractivity contribution in [3.05, 3.63) is 30.2 Å². The Morgan fingerprint density at radius 3 is 3.06 bits per heavy atom. The topological polar surface area (TPSA) is 40.8 Å². The van der Waals surface area contributed by atoms with Gasteiger partial charge in [-0.15, -0.1) is 0 Å². The largest absolute Gasteiger partial charge is 0.504 e. The number of aromatic hydroxyl groups is 1. The van der Waals surface area contributed by atoms with Crippen LogP contribution < -0.4 is 0 Å². The molecule has 0 spiro atoms. The number of aromatic nitrogens is 2. The van der Waals surface area contributed by atoms with Crippen LogP contribution in [0.2, 0.25) is 0 Å². The summed E-state index contributed by atoms with van der Waals surface area (Å²) in [5.74, 6) is 0.245. The quantitative estimate of drug-likeness (QED) is 0.792. The van der Waals surface area contributed by atoms with Gasteiger partial charge in [-0.25, -0.2) is 4.98 Å². The second-order valence-corrected chi connectivity index (χ2v) is 4.43. The molecule has 0 radical (unpaired) electrons. The summed E-state index contributed by atoms with van der Waals surface area (Å²) in [5, 5.41) is 9.70. The standard InChI is InChI=1S/C12H15N3O/c1-14-6-2-4-10(14)9-8-15-7-3-5-11(16)12(15)13-9/h3,5,7-8,10,16H,2,4,6H2,1H3. The van der Waals surface area contributed by atoms with E-state index in [2.05, 4.69) is 16.9 Å². The molecule has 1 saturated heterocycles. The summed E-state index contributed by atoms with van der Waals surface area (Å²) in [7, 11) is 2.13. The Hall–Kier alpha value is -1.55. The molecule has 1 unspecified atom stereocenters. The van der Waals surface area contributed by atoms with Gasteiger partial charge in [-0.2, -0.15) is 0 Å². The molecule has 0 aromatic carbocycles. The number of rotatable bonds is 1. The fourth-order valence-electron chi connectivity index (χ4n) is 2.46. The first-order valence-corrected chi connectivity index (χ1v) is 5.62. The van der Waals surface area contributed by atoms with Crippen molar-refractivity contribution in [2.75, 3.05) is 13.6 Å². The molecule has 1 atom stereocenters. The number of fused-ring (bicyclic) bond motifs is 1. The van der Waals surface area contributed by atoms with Crippen LogP contribution in [-0.4, -0.2) is 33.0 Å². The highest BCUT2D eigenvalue weighted by Crippen LogP contribution is 2.30. The SMILES string of the molecule is CN1CCCC1c1cn2cccc(O)c2n1. The number of pyridine rings is 1. The number of nitrogens with zero attached hydrogens (tertiary/aromatic N) is 3. The number of imidazole rings is 1. The smallest absolute Gasteiger partial charge is 0.179 e. The molecule has 2 aromatic heterocycles. The zero-order valence-electron chi connectivity index (χ0n) is 9.30. The molecule has 3 heterocycles. The fourth-order valence-corrected chi connectivity index (χ4v) is 2.46. The minimum absolute atomic E-state index is 0.245. The second kappa shape index (κ2) is 3.49. The zero-order chi connectivity index (χ0) is 11.1. The Kier molecular flexibility index (Phi) is 2.11. The van der Waals surface area contributed by atoms with E-state index in [9.17, 15) is 5.11 Å². The Morgan fingerprint density at radius 2 is 2.38 bits per heavy atom. The zero-order valence-corrected chi connectivity index (χ0v) is 9.30. The molecule has 1 aliphatic heterocycles. The van der Waals surface area contributed by atoms with E-state index >= 15 is 0 Å². The molecular formula is C12H15N3O. The fraction of sp³-hybridized carbons (Fsp3) is 0.417. The van der Waals surface area contributed by atoms with Crippen molar-refractivity contribution in [3.63, 3.8) is 0 Å². The van der Waals surface area contributed by atoms with Crippen LogP contribution in [0.5, 0.6) is 5.75 Å². The van der Waals surface area contributed by atoms with E-state index in [4.69, 9.17) is 0 Å². The molecule has 2 aromatic rings. The lowest BCUT2D eigenvalue weighted by atomic mass is 10.2. The van der Waals surface area contributed by atoms with Crippen LogP contribution in [0.4, 0.5) is 0 Å². The van der Waals surface area contributed by atoms with Crippen LogP contribution in [0.25, 0.3) is 5.65 Å². The van der Waals surface area contributed by atoms with Crippen LogP contribution in [-0.2, 0) is 0 Å². The van der Waals surface area contributed by atoms with Crippen molar-refractivity contribution in [1.29, 1.82) is 0 Å². The van der Waals surface area contributed by atoms with Gasteiger partial charge in [0, 0.05) is 12.4 Å². The third-order valence-corrected chi connectivity index (χ3v) is 3.34. The molecule has 3 rings (SSSR count). The molecule has 1 fully saturated rings. The molecule has 0 amide bonds. The van der Waals surface area contributed by atoms with Crippen LogP contribution in [0.3, 0.4) is 0 Å². The summed E-state index contributed by atoms with van der Waals surface area (Å²) in [6, 6.07) is 3.90. The summed E-state index contributed by atoms with van der Waals surface area (Å²) in [6.45, 7) is 1.13. The first-order valence-electron chi connectivity index (χ1n) is 5.62. The lowest BCUT2D eigenvalue weighted by Gasteiger charge is -2.16. The lowest BCUT2D eigenvalue weighted by molar-refractivity contribution is 0.312. The average Bonchev–Trinajstić information content (AvgIpc) is 2.84. The maximum atomic E-state index is 9.70. The molecular weight excluding hydrogens is 202 g/mol. The molecule has 4 nitrogen and oxygen atoms in total. The molecule has 0 bridgehead atoms. The summed E-state index contributed by atoms with van der Waals surface area (Å²) in [4.78, 5) is 6.83. The van der Waals surface area contributed by atoms with E-state index in [1.165, 1.54) is 6.42 Å². The highest BCUT2D eigenvalue weighted by atomic mass is 16.3. The monoisotopic (exact) mass is 217 g/mol. The summed E-state index contributed by atoms with van der Waals surface area (Å²) in [6.07, 6.45) is 6.31. The minimum Gasteiger partial charge on any atom is -0.504 e. The van der Waals surface area contributed by atoms with Crippen LogP contribution >= 0.6 is 0 Å². The van der Waals surface area contributed by atoms with Gasteiger partial charge in [-0.3, -0.25) is 4.90 Å². The molecule has 84 valence electrons. The molecule has 0 saturated carbocycles. The van der Waals surface area contributed by atoms with Crippen molar-refractivity contribution in [2.45, 2.75) is 18.9 Å². The van der Waals surface area contributed by atoms with Crippen molar-refractivity contribution < 1.29 is 5.11 Å². The van der Waals surface area contributed by atoms with E-state index in [0.29, 0.717) is 11.7 Å². The van der Waals surface area contributed by atoms with Gasteiger partial charge in [0.1, 0.15) is 0 Å². The van der Waals surface area contributed by atoms with Gasteiger partial charge < -0.3 is 9.51 Å². The maximum absolute atomic E-state index is 9.70. The van der Waals surface area contributed by atoms with Gasteiger partial charge in [0.2, 0.25) is 0 Å². The van der Waals surface area contributed by atoms with E-state index in [0.717, 1.165) is 18.7 Å². The molecule has 1 N–H and O–H groups in total. The van der Waals surface area contributed by atoms with E-state index in [-0.39, 0.29) is 5.75 Å². The summed E-state index contributed by atoms with van der Waals surface area (Å²) >= 11 is 0. The first kappa shape index (κ1) is 9.66. The highest BCUT2D eigenvalue weighted by molar-refractivity contribution is 5.53. The van der Waals surface area contributed by atoms with E-state index in [1.807, 2.05) is 22.9 Å². The van der Waals surface area contributed by atoms with Gasteiger partial charge >= 0.3 is 0 Å². The Morgan fingerprint density at radius 1 is 1.50 bits per heavy atom. The normalized spacial score (nSPS) is 21.9. The maximum Gasteiger partial charge on any atom is 0.179 e. The molecule has 4 heteroatoms. The summed E-state index contributed by atoms with van der Waals surface area (Å²) < 4.78 is 1.89. The number of hydrogen-bond donors (Lipinski definition) is 1. The Balaban J connectivity index is 2.08. The van der Waals surface area contributed by atoms with Gasteiger partial charge in [0.25, 0.3) is 0 Å². The third kappa shape index (κ3) is 1.38. The number of hydrogen-bond acceptors (Lipinski definition) is 3. The van der Waals surface area contributed by atoms with Gasteiger partial charge in [-0.1, -0.05) is 0 Å². The predicted molar refractivity (Wildman–Crippen MR) is 61.5 cm³/mol. The van der Waals surface area contributed by atoms with E-state index < -0.39 is 0 Å². The van der Waals surface area contributed by atoms with Crippen molar-refractivity contribution >= 4 is 5.65 Å². The summed E-state index contributed by atoms with van der Waals surface area (Å²) in [5.41, 5.74) is 1.71. The van der Waals surface area contributed by atoms with Crippen molar-refractivity contribution in [3.8, 4) is 5.75 Å². The van der Waals surface area contributed by atoms with Crippen molar-refractivity contribution in [1.82, 2.24) is 14.3 Å². The predicted octanol–water partition coefficient (Wildman–Crippen LogP) is 1.81. The van der Waals surface area contributed by atoms with Gasteiger partial charge in [0.15, 0.2) is 11.4 Å². The second-order valence-electron chi connectivity index (χ2n) is 4.43. The number of likely N-dealkylation sites (tertiary alicyclic amines) is 1. The Labute approximate surface area is 94.1 Å². The van der Waals surface area contributed by atoms with Gasteiger partial charge in [-0.05, 0) is 38.6 Å². The van der Waals surface area contributed by atoms with Crippen molar-refractivity contribution in [2.24, 2.45) is 0 Å². The Bertz CT molecular complexity index is 520.